The highest BCUT2D eigenvalue weighted by Crippen LogP contribution is 2.27. The van der Waals surface area contributed by atoms with Gasteiger partial charge in [-0.1, -0.05) is 49.6 Å². The molecule has 1 fully saturated rings. The highest BCUT2D eigenvalue weighted by Gasteiger charge is 2.30. The summed E-state index contributed by atoms with van der Waals surface area (Å²) in [6.45, 7) is 1.63. The first-order valence-corrected chi connectivity index (χ1v) is 8.00. The first kappa shape index (κ1) is 16.5. The second kappa shape index (κ2) is 7.42. The van der Waals surface area contributed by atoms with Crippen molar-refractivity contribution in [2.45, 2.75) is 57.1 Å². The van der Waals surface area contributed by atoms with E-state index < -0.39 is 11.6 Å². The molecular formula is C18H24N2O2. The lowest BCUT2D eigenvalue weighted by Gasteiger charge is -2.28. The van der Waals surface area contributed by atoms with Crippen LogP contribution in [0, 0.1) is 17.2 Å². The molecular weight excluding hydrogens is 276 g/mol. The number of aliphatic hydroxyl groups is 1. The van der Waals surface area contributed by atoms with Gasteiger partial charge in [0.1, 0.15) is 6.04 Å². The summed E-state index contributed by atoms with van der Waals surface area (Å²) in [5.74, 6) is -0.0321. The molecule has 0 aliphatic heterocycles. The molecule has 1 aromatic rings. The number of carbonyl (C=O) groups excluding carboxylic acids is 1. The van der Waals surface area contributed by atoms with E-state index in [9.17, 15) is 15.2 Å². The molecule has 118 valence electrons. The molecule has 4 heteroatoms. The molecule has 2 N–H and O–H groups in total. The lowest BCUT2D eigenvalue weighted by molar-refractivity contribution is -0.126. The van der Waals surface area contributed by atoms with Gasteiger partial charge >= 0.3 is 0 Å². The van der Waals surface area contributed by atoms with E-state index in [1.165, 1.54) is 6.42 Å². The van der Waals surface area contributed by atoms with Crippen molar-refractivity contribution in [3.05, 3.63) is 35.9 Å². The van der Waals surface area contributed by atoms with Crippen LogP contribution in [0.3, 0.4) is 0 Å². The van der Waals surface area contributed by atoms with Crippen LogP contribution in [-0.2, 0) is 10.4 Å². The van der Waals surface area contributed by atoms with Gasteiger partial charge in [-0.25, -0.2) is 0 Å². The van der Waals surface area contributed by atoms with E-state index in [0.717, 1.165) is 25.7 Å². The van der Waals surface area contributed by atoms with E-state index in [4.69, 9.17) is 0 Å². The SMILES string of the molecule is CC(O)(CC(=O)NC(C#N)C1CCCCC1)c1ccccc1. The predicted octanol–water partition coefficient (Wildman–Crippen LogP) is 2.87. The molecule has 1 amide bonds. The number of amides is 1. The molecule has 1 saturated carbocycles. The first-order chi connectivity index (χ1) is 10.5. The second-order valence-corrected chi connectivity index (χ2v) is 6.39. The van der Waals surface area contributed by atoms with Gasteiger partial charge in [-0.2, -0.15) is 5.26 Å². The number of carbonyl (C=O) groups is 1. The molecule has 1 aromatic carbocycles. The minimum Gasteiger partial charge on any atom is -0.385 e. The molecule has 1 aliphatic rings. The van der Waals surface area contributed by atoms with Crippen LogP contribution >= 0.6 is 0 Å². The van der Waals surface area contributed by atoms with Crippen molar-refractivity contribution in [3.8, 4) is 6.07 Å². The fourth-order valence-corrected chi connectivity index (χ4v) is 3.16. The highest BCUT2D eigenvalue weighted by molar-refractivity contribution is 5.78. The minimum atomic E-state index is -1.22. The summed E-state index contributed by atoms with van der Waals surface area (Å²) in [7, 11) is 0. The first-order valence-electron chi connectivity index (χ1n) is 8.00. The van der Waals surface area contributed by atoms with Gasteiger partial charge in [0.2, 0.25) is 5.91 Å². The zero-order chi connectivity index (χ0) is 16.0. The zero-order valence-electron chi connectivity index (χ0n) is 13.1. The molecule has 0 spiro atoms. The summed E-state index contributed by atoms with van der Waals surface area (Å²) < 4.78 is 0. The summed E-state index contributed by atoms with van der Waals surface area (Å²) in [5, 5.41) is 22.6. The van der Waals surface area contributed by atoms with Crippen molar-refractivity contribution in [2.75, 3.05) is 0 Å². The Morgan fingerprint density at radius 3 is 2.59 bits per heavy atom. The van der Waals surface area contributed by atoms with Gasteiger partial charge < -0.3 is 10.4 Å². The summed E-state index contributed by atoms with van der Waals surface area (Å²) in [4.78, 5) is 12.2. The van der Waals surface area contributed by atoms with Gasteiger partial charge in [-0.3, -0.25) is 4.79 Å². The number of nitriles is 1. The normalized spacial score (nSPS) is 19.7. The highest BCUT2D eigenvalue weighted by atomic mass is 16.3. The van der Waals surface area contributed by atoms with Crippen LogP contribution in [0.5, 0.6) is 0 Å². The Bertz CT molecular complexity index is 528. The zero-order valence-corrected chi connectivity index (χ0v) is 13.1. The number of nitrogens with one attached hydrogen (secondary N) is 1. The quantitative estimate of drug-likeness (QED) is 0.878. The Labute approximate surface area is 132 Å². The minimum absolute atomic E-state index is 0.0398. The van der Waals surface area contributed by atoms with Crippen LogP contribution < -0.4 is 5.32 Å². The number of nitrogens with zero attached hydrogens (tertiary/aromatic N) is 1. The van der Waals surface area contributed by atoms with Crippen LogP contribution in [0.15, 0.2) is 30.3 Å². The third kappa shape index (κ3) is 4.32. The summed E-state index contributed by atoms with van der Waals surface area (Å²) in [6.07, 6.45) is 5.41. The maximum absolute atomic E-state index is 12.2. The van der Waals surface area contributed by atoms with E-state index >= 15 is 0 Å². The Balaban J connectivity index is 1.95. The molecule has 0 radical (unpaired) electrons. The number of hydrogen-bond acceptors (Lipinski definition) is 3. The van der Waals surface area contributed by atoms with Crippen LogP contribution in [0.2, 0.25) is 0 Å². The molecule has 4 nitrogen and oxygen atoms in total. The van der Waals surface area contributed by atoms with Gasteiger partial charge in [-0.05, 0) is 31.2 Å². The molecule has 2 unspecified atom stereocenters. The average molecular weight is 300 g/mol. The Morgan fingerprint density at radius 2 is 2.00 bits per heavy atom. The molecule has 0 heterocycles. The van der Waals surface area contributed by atoms with Crippen molar-refractivity contribution < 1.29 is 9.90 Å². The standard InChI is InChI=1S/C18H24N2O2/c1-18(22,15-10-6-3-7-11-15)12-17(21)20-16(13-19)14-8-4-2-5-9-14/h3,6-7,10-11,14,16,22H,2,4-5,8-9,12H2,1H3,(H,20,21). The summed E-state index contributed by atoms with van der Waals surface area (Å²) in [6, 6.07) is 10.9. The van der Waals surface area contributed by atoms with Gasteiger partial charge in [0, 0.05) is 0 Å². The molecule has 0 aromatic heterocycles. The van der Waals surface area contributed by atoms with E-state index in [2.05, 4.69) is 11.4 Å². The maximum Gasteiger partial charge on any atom is 0.224 e. The van der Waals surface area contributed by atoms with Crippen molar-refractivity contribution in [3.63, 3.8) is 0 Å². The Kier molecular flexibility index (Phi) is 5.57. The summed E-state index contributed by atoms with van der Waals surface area (Å²) in [5.41, 5.74) is -0.519. The van der Waals surface area contributed by atoms with Crippen molar-refractivity contribution in [1.29, 1.82) is 5.26 Å². The van der Waals surface area contributed by atoms with E-state index in [1.807, 2.05) is 18.2 Å². The van der Waals surface area contributed by atoms with Crippen LogP contribution in [0.1, 0.15) is 51.0 Å². The average Bonchev–Trinajstić information content (AvgIpc) is 2.54. The Hall–Kier alpha value is -1.86. The van der Waals surface area contributed by atoms with E-state index in [-0.39, 0.29) is 18.2 Å². The van der Waals surface area contributed by atoms with Crippen LogP contribution in [0.4, 0.5) is 0 Å². The number of hydrogen-bond donors (Lipinski definition) is 2. The van der Waals surface area contributed by atoms with Crippen LogP contribution in [0.25, 0.3) is 0 Å². The van der Waals surface area contributed by atoms with Crippen LogP contribution in [-0.4, -0.2) is 17.1 Å². The smallest absolute Gasteiger partial charge is 0.224 e. The third-order valence-corrected chi connectivity index (χ3v) is 4.48. The maximum atomic E-state index is 12.2. The molecule has 0 bridgehead atoms. The van der Waals surface area contributed by atoms with E-state index in [1.54, 1.807) is 19.1 Å². The fourth-order valence-electron chi connectivity index (χ4n) is 3.16. The summed E-state index contributed by atoms with van der Waals surface area (Å²) >= 11 is 0. The fraction of sp³-hybridized carbons (Fsp3) is 0.556. The van der Waals surface area contributed by atoms with Gasteiger partial charge in [0.25, 0.3) is 0 Å². The van der Waals surface area contributed by atoms with Crippen molar-refractivity contribution in [1.82, 2.24) is 5.32 Å². The van der Waals surface area contributed by atoms with Gasteiger partial charge in [0.05, 0.1) is 18.1 Å². The second-order valence-electron chi connectivity index (χ2n) is 6.39. The molecule has 2 atom stereocenters. The largest absolute Gasteiger partial charge is 0.385 e. The lowest BCUT2D eigenvalue weighted by Crippen LogP contribution is -2.42. The monoisotopic (exact) mass is 300 g/mol. The molecule has 2 rings (SSSR count). The number of benzene rings is 1. The molecule has 22 heavy (non-hydrogen) atoms. The van der Waals surface area contributed by atoms with Gasteiger partial charge in [-0.15, -0.1) is 0 Å². The predicted molar refractivity (Wildman–Crippen MR) is 84.7 cm³/mol. The third-order valence-electron chi connectivity index (χ3n) is 4.48. The molecule has 1 aliphatic carbocycles. The van der Waals surface area contributed by atoms with Crippen molar-refractivity contribution in [2.24, 2.45) is 5.92 Å². The topological polar surface area (TPSA) is 73.1 Å². The number of rotatable bonds is 5. The lowest BCUT2D eigenvalue weighted by atomic mass is 9.84. The molecule has 0 saturated heterocycles. The van der Waals surface area contributed by atoms with Gasteiger partial charge in [0.15, 0.2) is 0 Å². The Morgan fingerprint density at radius 1 is 1.36 bits per heavy atom. The van der Waals surface area contributed by atoms with Crippen molar-refractivity contribution >= 4 is 5.91 Å². The van der Waals surface area contributed by atoms with E-state index in [0.29, 0.717) is 5.56 Å².